The zero-order chi connectivity index (χ0) is 18.1. The molecule has 1 saturated carbocycles. The average Bonchev–Trinajstić information content (AvgIpc) is 3.19. The molecule has 0 radical (unpaired) electrons. The third-order valence-electron chi connectivity index (χ3n) is 5.08. The number of rotatable bonds is 6. The number of hydrogen-bond donors (Lipinski definition) is 0. The van der Waals surface area contributed by atoms with E-state index in [2.05, 4.69) is 38.0 Å². The van der Waals surface area contributed by atoms with Crippen LogP contribution in [0.4, 0.5) is 0 Å². The van der Waals surface area contributed by atoms with E-state index in [1.54, 1.807) is 23.1 Å². The lowest BCUT2D eigenvalue weighted by Gasteiger charge is -2.35. The number of hydrogen-bond acceptors (Lipinski definition) is 6. The van der Waals surface area contributed by atoms with Crippen LogP contribution in [0.25, 0.3) is 10.7 Å². The molecule has 0 aromatic carbocycles. The quantitative estimate of drug-likeness (QED) is 0.709. The number of thioether (sulfide) groups is 1. The molecule has 1 saturated heterocycles. The highest BCUT2D eigenvalue weighted by molar-refractivity contribution is 8.00. The summed E-state index contributed by atoms with van der Waals surface area (Å²) in [5.74, 6) is 1.16. The van der Waals surface area contributed by atoms with E-state index in [1.807, 2.05) is 17.9 Å². The van der Waals surface area contributed by atoms with Crippen molar-refractivity contribution in [3.05, 3.63) is 17.5 Å². The van der Waals surface area contributed by atoms with Gasteiger partial charge in [-0.05, 0) is 37.8 Å². The van der Waals surface area contributed by atoms with Gasteiger partial charge in [0.1, 0.15) is 0 Å². The Morgan fingerprint density at radius 2 is 2.08 bits per heavy atom. The summed E-state index contributed by atoms with van der Waals surface area (Å²) >= 11 is 3.24. The first kappa shape index (κ1) is 18.0. The Morgan fingerprint density at radius 3 is 2.69 bits per heavy atom. The van der Waals surface area contributed by atoms with E-state index in [4.69, 9.17) is 0 Å². The number of aromatic nitrogens is 3. The summed E-state index contributed by atoms with van der Waals surface area (Å²) in [5.41, 5.74) is 0. The number of nitrogens with zero attached hydrogens (tertiary/aromatic N) is 5. The van der Waals surface area contributed by atoms with Gasteiger partial charge in [-0.1, -0.05) is 24.8 Å². The van der Waals surface area contributed by atoms with Gasteiger partial charge in [0.05, 0.1) is 10.1 Å². The number of carbonyl (C=O) groups is 1. The third kappa shape index (κ3) is 3.68. The topological polar surface area (TPSA) is 54.3 Å². The zero-order valence-corrected chi connectivity index (χ0v) is 16.9. The largest absolute Gasteiger partial charge is 0.339 e. The van der Waals surface area contributed by atoms with E-state index in [1.165, 1.54) is 12.8 Å². The molecule has 1 amide bonds. The third-order valence-corrected chi connectivity index (χ3v) is 6.99. The molecule has 2 aliphatic rings. The van der Waals surface area contributed by atoms with E-state index in [9.17, 15) is 4.79 Å². The van der Waals surface area contributed by atoms with Gasteiger partial charge in [-0.3, -0.25) is 9.36 Å². The minimum atomic E-state index is -0.138. The van der Waals surface area contributed by atoms with Crippen LogP contribution in [0.2, 0.25) is 0 Å². The van der Waals surface area contributed by atoms with Crippen LogP contribution >= 0.6 is 23.1 Å². The van der Waals surface area contributed by atoms with Crippen LogP contribution in [0.5, 0.6) is 0 Å². The molecule has 2 aromatic rings. The van der Waals surface area contributed by atoms with Crippen molar-refractivity contribution in [3.8, 4) is 10.7 Å². The minimum Gasteiger partial charge on any atom is -0.339 e. The minimum absolute atomic E-state index is 0.138. The summed E-state index contributed by atoms with van der Waals surface area (Å²) in [5, 5.41) is 11.7. The molecule has 1 aliphatic heterocycles. The van der Waals surface area contributed by atoms with Gasteiger partial charge in [0, 0.05) is 32.2 Å². The average molecular weight is 392 g/mol. The van der Waals surface area contributed by atoms with Gasteiger partial charge in [0.15, 0.2) is 11.0 Å². The Balaban J connectivity index is 1.46. The first-order valence-electron chi connectivity index (χ1n) is 9.34. The van der Waals surface area contributed by atoms with Crippen molar-refractivity contribution in [3.63, 3.8) is 0 Å². The van der Waals surface area contributed by atoms with Gasteiger partial charge in [-0.15, -0.1) is 21.5 Å². The Hall–Kier alpha value is -1.38. The lowest BCUT2D eigenvalue weighted by Crippen LogP contribution is -2.50. The molecule has 6 nitrogen and oxygen atoms in total. The standard InChI is InChI=1S/C18H25N5OS2/c1-3-21-8-10-22(11-9-21)17(24)13(2)26-18-20-19-16(15-5-4-12-25-15)23(18)14-6-7-14/h4-5,12-14H,3,6-11H2,1-2H3/t13-/m1/s1. The summed E-state index contributed by atoms with van der Waals surface area (Å²) in [6.45, 7) is 8.82. The fourth-order valence-electron chi connectivity index (χ4n) is 3.34. The van der Waals surface area contributed by atoms with Gasteiger partial charge >= 0.3 is 0 Å². The maximum absolute atomic E-state index is 12.9. The highest BCUT2D eigenvalue weighted by Gasteiger charge is 2.33. The number of thiophene rings is 1. The Morgan fingerprint density at radius 1 is 1.31 bits per heavy atom. The van der Waals surface area contributed by atoms with Gasteiger partial charge in [-0.25, -0.2) is 0 Å². The molecule has 8 heteroatoms. The van der Waals surface area contributed by atoms with Crippen LogP contribution in [0.15, 0.2) is 22.7 Å². The van der Waals surface area contributed by atoms with Gasteiger partial charge in [-0.2, -0.15) is 0 Å². The molecule has 0 unspecified atom stereocenters. The second kappa shape index (κ2) is 7.70. The molecule has 4 rings (SSSR count). The van der Waals surface area contributed by atoms with Crippen molar-refractivity contribution < 1.29 is 4.79 Å². The van der Waals surface area contributed by atoms with E-state index in [-0.39, 0.29) is 11.2 Å². The fraction of sp³-hybridized carbons (Fsp3) is 0.611. The lowest BCUT2D eigenvalue weighted by atomic mass is 10.3. The zero-order valence-electron chi connectivity index (χ0n) is 15.3. The van der Waals surface area contributed by atoms with E-state index in [0.29, 0.717) is 6.04 Å². The van der Waals surface area contributed by atoms with Crippen LogP contribution in [-0.2, 0) is 4.79 Å². The number of carbonyl (C=O) groups excluding carboxylic acids is 1. The lowest BCUT2D eigenvalue weighted by molar-refractivity contribution is -0.132. The van der Waals surface area contributed by atoms with Crippen LogP contribution in [0.1, 0.15) is 32.7 Å². The smallest absolute Gasteiger partial charge is 0.235 e. The molecule has 0 spiro atoms. The van der Waals surface area contributed by atoms with E-state index >= 15 is 0 Å². The molecule has 2 fully saturated rings. The van der Waals surface area contributed by atoms with Crippen LogP contribution < -0.4 is 0 Å². The predicted molar refractivity (Wildman–Crippen MR) is 106 cm³/mol. The molecule has 140 valence electrons. The van der Waals surface area contributed by atoms with Gasteiger partial charge < -0.3 is 9.80 Å². The molecule has 1 atom stereocenters. The fourth-order valence-corrected chi connectivity index (χ4v) is 5.05. The molecule has 0 bridgehead atoms. The highest BCUT2D eigenvalue weighted by atomic mass is 32.2. The van der Waals surface area contributed by atoms with Gasteiger partial charge in [0.25, 0.3) is 0 Å². The predicted octanol–water partition coefficient (Wildman–Crippen LogP) is 2.99. The monoisotopic (exact) mass is 391 g/mol. The summed E-state index contributed by atoms with van der Waals surface area (Å²) in [6.07, 6.45) is 2.34. The Labute approximate surface area is 162 Å². The van der Waals surface area contributed by atoms with Crippen molar-refractivity contribution >= 4 is 29.0 Å². The molecule has 26 heavy (non-hydrogen) atoms. The SMILES string of the molecule is CCN1CCN(C(=O)[C@@H](C)Sc2nnc(-c3cccs3)n2C2CC2)CC1. The molecule has 3 heterocycles. The molecular formula is C18H25N5OS2. The van der Waals surface area contributed by atoms with Crippen molar-refractivity contribution in [2.45, 2.75) is 43.1 Å². The molecule has 0 N–H and O–H groups in total. The number of piperazine rings is 1. The molecular weight excluding hydrogens is 366 g/mol. The molecule has 1 aliphatic carbocycles. The van der Waals surface area contributed by atoms with Crippen LogP contribution in [-0.4, -0.2) is 68.4 Å². The van der Waals surface area contributed by atoms with Crippen LogP contribution in [0, 0.1) is 0 Å². The molecule has 2 aromatic heterocycles. The van der Waals surface area contributed by atoms with E-state index in [0.717, 1.165) is 48.6 Å². The maximum atomic E-state index is 12.9. The Kier molecular flexibility index (Phi) is 5.33. The first-order valence-corrected chi connectivity index (χ1v) is 11.1. The first-order chi connectivity index (χ1) is 12.7. The van der Waals surface area contributed by atoms with Gasteiger partial charge in [0.2, 0.25) is 5.91 Å². The number of amides is 1. The van der Waals surface area contributed by atoms with Crippen molar-refractivity contribution in [1.82, 2.24) is 24.6 Å². The van der Waals surface area contributed by atoms with Crippen LogP contribution in [0.3, 0.4) is 0 Å². The normalized spacial score (nSPS) is 19.7. The van der Waals surface area contributed by atoms with E-state index < -0.39 is 0 Å². The Bertz CT molecular complexity index is 748. The summed E-state index contributed by atoms with van der Waals surface area (Å²) < 4.78 is 2.25. The number of likely N-dealkylation sites (N-methyl/N-ethyl adjacent to an activating group) is 1. The van der Waals surface area contributed by atoms with Crippen molar-refractivity contribution in [2.75, 3.05) is 32.7 Å². The summed E-state index contributed by atoms with van der Waals surface area (Å²) in [7, 11) is 0. The van der Waals surface area contributed by atoms with Crippen molar-refractivity contribution in [1.29, 1.82) is 0 Å². The second-order valence-corrected chi connectivity index (χ2v) is 9.16. The highest BCUT2D eigenvalue weighted by Crippen LogP contribution is 2.42. The van der Waals surface area contributed by atoms with Crippen molar-refractivity contribution in [2.24, 2.45) is 0 Å². The maximum Gasteiger partial charge on any atom is 0.235 e. The summed E-state index contributed by atoms with van der Waals surface area (Å²) in [6, 6.07) is 4.62. The summed E-state index contributed by atoms with van der Waals surface area (Å²) in [4.78, 5) is 18.4. The second-order valence-electron chi connectivity index (χ2n) is 6.90.